The van der Waals surface area contributed by atoms with Crippen molar-refractivity contribution in [3.63, 3.8) is 0 Å². The van der Waals surface area contributed by atoms with E-state index in [4.69, 9.17) is 17.3 Å². The molecule has 0 spiro atoms. The van der Waals surface area contributed by atoms with Gasteiger partial charge in [-0.2, -0.15) is 0 Å². The number of ether oxygens (including phenoxy) is 2. The Balaban J connectivity index is 0.000000720. The molecule has 0 aromatic heterocycles. The van der Waals surface area contributed by atoms with E-state index in [1.54, 1.807) is 12.1 Å². The van der Waals surface area contributed by atoms with Gasteiger partial charge in [0.25, 0.3) is 0 Å². The van der Waals surface area contributed by atoms with Crippen LogP contribution in [0.15, 0.2) is 18.2 Å². The smallest absolute Gasteiger partial charge is 0.161 e. The van der Waals surface area contributed by atoms with Crippen molar-refractivity contribution in [3.05, 3.63) is 18.2 Å². The van der Waals surface area contributed by atoms with Crippen LogP contribution in [0.4, 0.5) is 0 Å². The largest absolute Gasteiger partial charge is 0.486 e. The molecule has 0 saturated heterocycles. The van der Waals surface area contributed by atoms with Crippen LogP contribution in [0.5, 0.6) is 11.5 Å². The maximum Gasteiger partial charge on any atom is 0.161 e. The fourth-order valence-electron chi connectivity index (χ4n) is 1.06. The zero-order chi connectivity index (χ0) is 7.68. The molecule has 4 nitrogen and oxygen atoms in total. The van der Waals surface area contributed by atoms with Crippen LogP contribution in [0.3, 0.4) is 0 Å². The third-order valence-electron chi connectivity index (χ3n) is 1.57. The topological polar surface area (TPSA) is 81.5 Å². The Labute approximate surface area is 77.5 Å². The van der Waals surface area contributed by atoms with Crippen molar-refractivity contribution in [2.75, 3.05) is 13.2 Å². The van der Waals surface area contributed by atoms with Gasteiger partial charge in [-0.1, -0.05) is 11.5 Å². The molecular formula is C8H11BO4. The van der Waals surface area contributed by atoms with E-state index in [1.165, 1.54) is 0 Å². The average Bonchev–Trinajstić information content (AvgIpc) is 2.04. The minimum Gasteiger partial charge on any atom is -0.486 e. The second kappa shape index (κ2) is 4.74. The number of hydrogen-bond acceptors (Lipinski definition) is 2. The predicted octanol–water partition coefficient (Wildman–Crippen LogP) is -1.40. The van der Waals surface area contributed by atoms with Crippen LogP contribution in [0, 0.1) is 0 Å². The fourth-order valence-corrected chi connectivity index (χ4v) is 1.06. The highest BCUT2D eigenvalue weighted by Crippen LogP contribution is 2.27. The van der Waals surface area contributed by atoms with Gasteiger partial charge in [-0.3, -0.25) is 0 Å². The molecule has 1 aromatic rings. The molecule has 1 aromatic carbocycles. The van der Waals surface area contributed by atoms with Gasteiger partial charge in [0.15, 0.2) is 11.5 Å². The van der Waals surface area contributed by atoms with E-state index in [9.17, 15) is 0 Å². The summed E-state index contributed by atoms with van der Waals surface area (Å²) in [4.78, 5) is 0. The normalized spacial score (nSPS) is 12.3. The quantitative estimate of drug-likeness (QED) is 0.462. The molecule has 13 heavy (non-hydrogen) atoms. The first-order valence-electron chi connectivity index (χ1n) is 3.51. The van der Waals surface area contributed by atoms with E-state index >= 15 is 0 Å². The molecule has 2 radical (unpaired) electrons. The number of rotatable bonds is 0. The second-order valence-corrected chi connectivity index (χ2v) is 2.40. The first-order valence-corrected chi connectivity index (χ1v) is 3.51. The van der Waals surface area contributed by atoms with Gasteiger partial charge in [0.2, 0.25) is 0 Å². The molecule has 0 amide bonds. The average molecular weight is 182 g/mol. The summed E-state index contributed by atoms with van der Waals surface area (Å²) in [6.45, 7) is 1.23. The number of hydrogen-bond donors (Lipinski definition) is 0. The Morgan fingerprint density at radius 1 is 1.00 bits per heavy atom. The highest BCUT2D eigenvalue weighted by Gasteiger charge is 2.09. The van der Waals surface area contributed by atoms with Crippen LogP contribution >= 0.6 is 0 Å². The zero-order valence-corrected chi connectivity index (χ0v) is 7.04. The SMILES string of the molecule is O.O.[B]c1ccc2c(c1)OCCO2. The standard InChI is InChI=1S/C8H7BO2.2H2O/c9-6-1-2-7-8(5-6)11-4-3-10-7;;/h1-2,5H,3-4H2;2*1H2. The molecular weight excluding hydrogens is 171 g/mol. The van der Waals surface area contributed by atoms with E-state index in [2.05, 4.69) is 0 Å². The maximum atomic E-state index is 5.55. The Morgan fingerprint density at radius 3 is 2.31 bits per heavy atom. The Morgan fingerprint density at radius 2 is 1.62 bits per heavy atom. The third-order valence-corrected chi connectivity index (χ3v) is 1.57. The van der Waals surface area contributed by atoms with Crippen LogP contribution in [-0.4, -0.2) is 32.0 Å². The van der Waals surface area contributed by atoms with Crippen molar-refractivity contribution >= 4 is 13.3 Å². The van der Waals surface area contributed by atoms with Gasteiger partial charge in [-0.05, 0) is 12.1 Å². The lowest BCUT2D eigenvalue weighted by molar-refractivity contribution is 0.172. The molecule has 0 bridgehead atoms. The summed E-state index contributed by atoms with van der Waals surface area (Å²) in [5, 5.41) is 0. The van der Waals surface area contributed by atoms with E-state index < -0.39 is 0 Å². The lowest BCUT2D eigenvalue weighted by Gasteiger charge is -2.18. The summed E-state index contributed by atoms with van der Waals surface area (Å²) in [7, 11) is 5.55. The first kappa shape index (κ1) is 11.8. The minimum atomic E-state index is 0. The van der Waals surface area contributed by atoms with E-state index in [1.807, 2.05) is 6.07 Å². The van der Waals surface area contributed by atoms with E-state index in [0.29, 0.717) is 18.7 Å². The van der Waals surface area contributed by atoms with Crippen molar-refractivity contribution in [1.82, 2.24) is 0 Å². The number of benzene rings is 1. The van der Waals surface area contributed by atoms with Crippen molar-refractivity contribution in [1.29, 1.82) is 0 Å². The molecule has 1 aliphatic heterocycles. The predicted molar refractivity (Wildman–Crippen MR) is 50.0 cm³/mol. The Hall–Kier alpha value is -1.20. The Bertz CT molecular complexity index is 277. The lowest BCUT2D eigenvalue weighted by Crippen LogP contribution is -2.17. The second-order valence-electron chi connectivity index (χ2n) is 2.40. The van der Waals surface area contributed by atoms with Crippen molar-refractivity contribution in [2.24, 2.45) is 0 Å². The van der Waals surface area contributed by atoms with Gasteiger partial charge in [0, 0.05) is 0 Å². The highest BCUT2D eigenvalue weighted by molar-refractivity contribution is 6.32. The van der Waals surface area contributed by atoms with Crippen LogP contribution < -0.4 is 14.9 Å². The lowest BCUT2D eigenvalue weighted by atomic mass is 9.96. The zero-order valence-electron chi connectivity index (χ0n) is 7.04. The van der Waals surface area contributed by atoms with Crippen LogP contribution in [0.25, 0.3) is 0 Å². The summed E-state index contributed by atoms with van der Waals surface area (Å²) < 4.78 is 10.6. The first-order chi connectivity index (χ1) is 5.36. The Kier molecular flexibility index (Phi) is 4.30. The summed E-state index contributed by atoms with van der Waals surface area (Å²) in [5.41, 5.74) is 0.703. The summed E-state index contributed by atoms with van der Waals surface area (Å²) in [5.74, 6) is 1.53. The summed E-state index contributed by atoms with van der Waals surface area (Å²) in [6, 6.07) is 5.39. The minimum absolute atomic E-state index is 0. The molecule has 0 aliphatic carbocycles. The molecule has 70 valence electrons. The molecule has 0 fully saturated rings. The van der Waals surface area contributed by atoms with Crippen molar-refractivity contribution < 1.29 is 20.4 Å². The third kappa shape index (κ3) is 2.37. The van der Waals surface area contributed by atoms with Gasteiger partial charge in [-0.25, -0.2) is 0 Å². The van der Waals surface area contributed by atoms with E-state index in [-0.39, 0.29) is 11.0 Å². The van der Waals surface area contributed by atoms with Gasteiger partial charge in [-0.15, -0.1) is 0 Å². The van der Waals surface area contributed by atoms with Gasteiger partial charge >= 0.3 is 0 Å². The molecule has 0 unspecified atom stereocenters. The van der Waals surface area contributed by atoms with Crippen LogP contribution in [-0.2, 0) is 0 Å². The summed E-state index contributed by atoms with van der Waals surface area (Å²) >= 11 is 0. The monoisotopic (exact) mass is 182 g/mol. The van der Waals surface area contributed by atoms with Crippen LogP contribution in [0.1, 0.15) is 0 Å². The van der Waals surface area contributed by atoms with Gasteiger partial charge < -0.3 is 20.4 Å². The number of fused-ring (bicyclic) bond motifs is 1. The molecule has 1 heterocycles. The summed E-state index contributed by atoms with van der Waals surface area (Å²) in [6.07, 6.45) is 0. The van der Waals surface area contributed by atoms with Crippen molar-refractivity contribution in [3.8, 4) is 11.5 Å². The highest BCUT2D eigenvalue weighted by atomic mass is 16.6. The molecule has 4 N–H and O–H groups in total. The van der Waals surface area contributed by atoms with E-state index in [0.717, 1.165) is 11.5 Å². The van der Waals surface area contributed by atoms with Gasteiger partial charge in [0.1, 0.15) is 21.1 Å². The molecule has 5 heteroatoms. The molecule has 0 saturated carbocycles. The van der Waals surface area contributed by atoms with Gasteiger partial charge in [0.05, 0.1) is 0 Å². The fraction of sp³-hybridized carbons (Fsp3) is 0.250. The van der Waals surface area contributed by atoms with Crippen molar-refractivity contribution in [2.45, 2.75) is 0 Å². The molecule has 1 aliphatic rings. The molecule has 0 atom stereocenters. The molecule has 2 rings (SSSR count). The van der Waals surface area contributed by atoms with Crippen LogP contribution in [0.2, 0.25) is 0 Å². The maximum absolute atomic E-state index is 5.55.